The molecule has 3 aromatic rings. The molecule has 0 radical (unpaired) electrons. The number of aromatic nitrogens is 4. The first kappa shape index (κ1) is 14.6. The van der Waals surface area contributed by atoms with Gasteiger partial charge >= 0.3 is 0 Å². The first-order valence-electron chi connectivity index (χ1n) is 7.64. The van der Waals surface area contributed by atoms with Crippen LogP contribution in [0.5, 0.6) is 0 Å². The van der Waals surface area contributed by atoms with Gasteiger partial charge in [-0.3, -0.25) is 14.9 Å². The number of nitrogens with zero attached hydrogens (tertiary/aromatic N) is 4. The Bertz CT molecular complexity index is 924. The molecule has 122 valence electrons. The molecule has 24 heavy (non-hydrogen) atoms. The monoisotopic (exact) mass is 326 g/mol. The number of halogens is 1. The lowest BCUT2D eigenvalue weighted by Crippen LogP contribution is -2.23. The third-order valence-electron chi connectivity index (χ3n) is 4.32. The number of amides is 1. The highest BCUT2D eigenvalue weighted by Gasteiger charge is 2.30. The summed E-state index contributed by atoms with van der Waals surface area (Å²) in [6.07, 6.45) is 6.12. The molecule has 1 atom stereocenters. The van der Waals surface area contributed by atoms with Crippen LogP contribution in [0.4, 0.5) is 10.2 Å². The molecular weight excluding hydrogens is 311 g/mol. The molecule has 3 aromatic heterocycles. The third kappa shape index (κ3) is 2.36. The van der Waals surface area contributed by atoms with E-state index >= 15 is 0 Å². The van der Waals surface area contributed by atoms with Crippen molar-refractivity contribution in [3.63, 3.8) is 0 Å². The predicted molar refractivity (Wildman–Crippen MR) is 85.9 cm³/mol. The molecule has 0 aliphatic carbocycles. The van der Waals surface area contributed by atoms with Gasteiger partial charge in [0.05, 0.1) is 23.2 Å². The summed E-state index contributed by atoms with van der Waals surface area (Å²) in [6.45, 7) is 0.780. The van der Waals surface area contributed by atoms with Gasteiger partial charge in [-0.25, -0.2) is 9.37 Å². The van der Waals surface area contributed by atoms with Crippen molar-refractivity contribution in [1.29, 1.82) is 0 Å². The second-order valence-corrected chi connectivity index (χ2v) is 5.82. The number of hydrogen-bond acceptors (Lipinski definition) is 5. The predicted octanol–water partition coefficient (Wildman–Crippen LogP) is 1.93. The molecule has 1 fully saturated rings. The molecule has 0 aromatic carbocycles. The van der Waals surface area contributed by atoms with Crippen molar-refractivity contribution in [2.75, 3.05) is 11.4 Å². The van der Waals surface area contributed by atoms with E-state index in [0.717, 1.165) is 30.3 Å². The highest BCUT2D eigenvalue weighted by molar-refractivity contribution is 5.98. The van der Waals surface area contributed by atoms with Crippen molar-refractivity contribution in [1.82, 2.24) is 20.2 Å². The number of nitrogens with two attached hydrogens (primary N) is 1. The zero-order valence-electron chi connectivity index (χ0n) is 12.7. The standard InChI is InChI=1S/C16H15FN6O/c17-11-4-9(6-19-8-11)13-2-1-3-23(13)16-12-5-10(14(18)24)7-20-15(12)21-22-16/h4-8,13H,1-3H2,(H2,18,24)(H,20,21,22)/t13-/m1/s1. The molecule has 0 unspecified atom stereocenters. The summed E-state index contributed by atoms with van der Waals surface area (Å²) in [5.74, 6) is -0.208. The fourth-order valence-corrected chi connectivity index (χ4v) is 3.22. The van der Waals surface area contributed by atoms with Gasteiger partial charge in [0.25, 0.3) is 0 Å². The second-order valence-electron chi connectivity index (χ2n) is 5.82. The summed E-state index contributed by atoms with van der Waals surface area (Å²) in [6, 6.07) is 3.16. The number of aromatic amines is 1. The number of carbonyl (C=O) groups excluding carboxylic acids is 1. The van der Waals surface area contributed by atoms with Gasteiger partial charge in [-0.2, -0.15) is 5.10 Å². The molecule has 8 heteroatoms. The number of pyridine rings is 2. The van der Waals surface area contributed by atoms with Crippen LogP contribution in [0, 0.1) is 5.82 Å². The molecule has 3 N–H and O–H groups in total. The Morgan fingerprint density at radius 1 is 1.33 bits per heavy atom. The second kappa shape index (κ2) is 5.55. The minimum absolute atomic E-state index is 0.0167. The maximum absolute atomic E-state index is 13.5. The van der Waals surface area contributed by atoms with Gasteiger partial charge in [-0.15, -0.1) is 0 Å². The molecular formula is C16H15FN6O. The van der Waals surface area contributed by atoms with Gasteiger partial charge in [0, 0.05) is 18.9 Å². The Hall–Kier alpha value is -3.03. The summed E-state index contributed by atoms with van der Waals surface area (Å²) < 4.78 is 13.5. The molecule has 4 rings (SSSR count). The van der Waals surface area contributed by atoms with E-state index < -0.39 is 5.91 Å². The zero-order chi connectivity index (χ0) is 16.7. The molecule has 0 spiro atoms. The van der Waals surface area contributed by atoms with Crippen LogP contribution < -0.4 is 10.6 Å². The number of H-pyrrole nitrogens is 1. The Kier molecular flexibility index (Phi) is 3.37. The van der Waals surface area contributed by atoms with Gasteiger partial charge in [-0.1, -0.05) is 0 Å². The molecule has 4 heterocycles. The first-order valence-corrected chi connectivity index (χ1v) is 7.64. The van der Waals surface area contributed by atoms with Crippen molar-refractivity contribution in [3.8, 4) is 0 Å². The van der Waals surface area contributed by atoms with Crippen LogP contribution >= 0.6 is 0 Å². The van der Waals surface area contributed by atoms with Crippen molar-refractivity contribution in [3.05, 3.63) is 47.7 Å². The average molecular weight is 326 g/mol. The van der Waals surface area contributed by atoms with E-state index in [4.69, 9.17) is 5.73 Å². The number of hydrogen-bond donors (Lipinski definition) is 2. The Labute approximate surface area is 136 Å². The number of anilines is 1. The summed E-state index contributed by atoms with van der Waals surface area (Å²) >= 11 is 0. The summed E-state index contributed by atoms with van der Waals surface area (Å²) in [5, 5.41) is 7.94. The smallest absolute Gasteiger partial charge is 0.250 e. The van der Waals surface area contributed by atoms with E-state index in [-0.39, 0.29) is 11.9 Å². The van der Waals surface area contributed by atoms with Crippen LogP contribution in [-0.2, 0) is 0 Å². The minimum atomic E-state index is -0.538. The molecule has 1 amide bonds. The first-order chi connectivity index (χ1) is 11.6. The average Bonchev–Trinajstić information content (AvgIpc) is 3.20. The molecule has 0 bridgehead atoms. The summed E-state index contributed by atoms with van der Waals surface area (Å²) in [5.41, 5.74) is 7.06. The molecule has 1 aliphatic rings. The molecule has 1 aliphatic heterocycles. The van der Waals surface area contributed by atoms with Gasteiger partial charge < -0.3 is 10.6 Å². The Balaban J connectivity index is 1.78. The van der Waals surface area contributed by atoms with Crippen LogP contribution in [0.15, 0.2) is 30.7 Å². The lowest BCUT2D eigenvalue weighted by Gasteiger charge is -2.25. The van der Waals surface area contributed by atoms with E-state index in [9.17, 15) is 9.18 Å². The lowest BCUT2D eigenvalue weighted by atomic mass is 10.1. The maximum Gasteiger partial charge on any atom is 0.250 e. The minimum Gasteiger partial charge on any atom is -0.366 e. The fourth-order valence-electron chi connectivity index (χ4n) is 3.22. The quantitative estimate of drug-likeness (QED) is 0.766. The topological polar surface area (TPSA) is 101 Å². The highest BCUT2D eigenvalue weighted by Crippen LogP contribution is 2.37. The Morgan fingerprint density at radius 2 is 2.21 bits per heavy atom. The maximum atomic E-state index is 13.5. The third-order valence-corrected chi connectivity index (χ3v) is 4.32. The van der Waals surface area contributed by atoms with Crippen LogP contribution in [-0.4, -0.2) is 32.6 Å². The molecule has 0 saturated carbocycles. The van der Waals surface area contributed by atoms with Crippen molar-refractivity contribution in [2.45, 2.75) is 18.9 Å². The van der Waals surface area contributed by atoms with Crippen LogP contribution in [0.2, 0.25) is 0 Å². The van der Waals surface area contributed by atoms with Gasteiger partial charge in [-0.05, 0) is 30.5 Å². The fraction of sp³-hybridized carbons (Fsp3) is 0.250. The normalized spacial score (nSPS) is 17.5. The SMILES string of the molecule is NC(=O)c1cnc2[nH]nc(N3CCC[C@@H]3c3cncc(F)c3)c2c1. The number of fused-ring (bicyclic) bond motifs is 1. The number of nitrogens with one attached hydrogen (secondary N) is 1. The largest absolute Gasteiger partial charge is 0.366 e. The number of rotatable bonds is 3. The number of carbonyl (C=O) groups is 1. The summed E-state index contributed by atoms with van der Waals surface area (Å²) in [4.78, 5) is 21.6. The van der Waals surface area contributed by atoms with E-state index in [1.54, 1.807) is 12.3 Å². The van der Waals surface area contributed by atoms with Crippen LogP contribution in [0.25, 0.3) is 11.0 Å². The van der Waals surface area contributed by atoms with Crippen LogP contribution in [0.3, 0.4) is 0 Å². The van der Waals surface area contributed by atoms with Crippen molar-refractivity contribution in [2.24, 2.45) is 5.73 Å². The van der Waals surface area contributed by atoms with E-state index in [1.807, 2.05) is 0 Å². The van der Waals surface area contributed by atoms with Crippen LogP contribution in [0.1, 0.15) is 34.8 Å². The van der Waals surface area contributed by atoms with Crippen molar-refractivity contribution < 1.29 is 9.18 Å². The lowest BCUT2D eigenvalue weighted by molar-refractivity contribution is 0.1000. The Morgan fingerprint density at radius 3 is 3.00 bits per heavy atom. The highest BCUT2D eigenvalue weighted by atomic mass is 19.1. The van der Waals surface area contributed by atoms with E-state index in [1.165, 1.54) is 18.5 Å². The molecule has 7 nitrogen and oxygen atoms in total. The van der Waals surface area contributed by atoms with E-state index in [0.29, 0.717) is 17.0 Å². The zero-order valence-corrected chi connectivity index (χ0v) is 12.7. The van der Waals surface area contributed by atoms with Crippen molar-refractivity contribution >= 4 is 22.8 Å². The van der Waals surface area contributed by atoms with Gasteiger partial charge in [0.1, 0.15) is 5.82 Å². The van der Waals surface area contributed by atoms with Gasteiger partial charge in [0.15, 0.2) is 11.5 Å². The summed E-state index contributed by atoms with van der Waals surface area (Å²) in [7, 11) is 0. The molecule has 1 saturated heterocycles. The van der Waals surface area contributed by atoms with Gasteiger partial charge in [0.2, 0.25) is 5.91 Å². The number of primary amides is 1. The van der Waals surface area contributed by atoms with E-state index in [2.05, 4.69) is 25.1 Å².